The highest BCUT2D eigenvalue weighted by molar-refractivity contribution is 7.92. The fraction of sp³-hybridized carbons (Fsp3) is 0.538. The molecule has 0 aliphatic rings. The lowest BCUT2D eigenvalue weighted by atomic mass is 10.1. The quantitative estimate of drug-likeness (QED) is 0.764. The second-order valence-electron chi connectivity index (χ2n) is 5.37. The van der Waals surface area contributed by atoms with Gasteiger partial charge in [-0.15, -0.1) is 0 Å². The zero-order valence-corrected chi connectivity index (χ0v) is 13.5. The minimum absolute atomic E-state index is 0.200. The Kier molecular flexibility index (Phi) is 5.34. The standard InChI is InChI=1S/C13H17ClF3NO2S/c1-12(2,7-8-18(3)14)21(19,20)11-6-4-5-10(9-11)13(15,16)17/h4-6,9H,7-8H2,1-3H3. The van der Waals surface area contributed by atoms with Crippen LogP contribution in [-0.2, 0) is 16.0 Å². The monoisotopic (exact) mass is 343 g/mol. The summed E-state index contributed by atoms with van der Waals surface area (Å²) in [5, 5.41) is 0. The number of hydrogen-bond acceptors (Lipinski definition) is 3. The van der Waals surface area contributed by atoms with E-state index in [1.165, 1.54) is 24.3 Å². The Morgan fingerprint density at radius 3 is 2.29 bits per heavy atom. The minimum atomic E-state index is -4.58. The fourth-order valence-corrected chi connectivity index (χ4v) is 3.34. The van der Waals surface area contributed by atoms with E-state index in [9.17, 15) is 21.6 Å². The van der Waals surface area contributed by atoms with Crippen LogP contribution in [0.1, 0.15) is 25.8 Å². The van der Waals surface area contributed by atoms with Crippen molar-refractivity contribution in [2.45, 2.75) is 36.1 Å². The van der Waals surface area contributed by atoms with E-state index in [0.29, 0.717) is 12.6 Å². The third-order valence-corrected chi connectivity index (χ3v) is 5.92. The number of rotatable bonds is 5. The molecule has 0 fully saturated rings. The number of halogens is 4. The van der Waals surface area contributed by atoms with Crippen LogP contribution in [0.2, 0.25) is 0 Å². The van der Waals surface area contributed by atoms with Gasteiger partial charge in [0.2, 0.25) is 0 Å². The van der Waals surface area contributed by atoms with Crippen LogP contribution in [0.15, 0.2) is 29.2 Å². The van der Waals surface area contributed by atoms with E-state index in [-0.39, 0.29) is 11.3 Å². The van der Waals surface area contributed by atoms with Gasteiger partial charge in [0.25, 0.3) is 0 Å². The van der Waals surface area contributed by atoms with Gasteiger partial charge in [-0.1, -0.05) is 6.07 Å². The number of sulfone groups is 1. The molecule has 0 aliphatic heterocycles. The van der Waals surface area contributed by atoms with Crippen LogP contribution in [0.4, 0.5) is 13.2 Å². The number of hydrogen-bond donors (Lipinski definition) is 0. The van der Waals surface area contributed by atoms with Crippen molar-refractivity contribution < 1.29 is 21.6 Å². The molecule has 0 saturated carbocycles. The maximum atomic E-state index is 12.7. The van der Waals surface area contributed by atoms with Crippen LogP contribution in [0.25, 0.3) is 0 Å². The maximum absolute atomic E-state index is 12.7. The molecule has 0 N–H and O–H groups in total. The molecule has 8 heteroatoms. The topological polar surface area (TPSA) is 37.4 Å². The molecule has 0 spiro atoms. The van der Waals surface area contributed by atoms with E-state index < -0.39 is 26.3 Å². The lowest BCUT2D eigenvalue weighted by Crippen LogP contribution is -2.34. The predicted octanol–water partition coefficient (Wildman–Crippen LogP) is 3.73. The van der Waals surface area contributed by atoms with Gasteiger partial charge in [-0.2, -0.15) is 13.2 Å². The Balaban J connectivity index is 3.19. The summed E-state index contributed by atoms with van der Waals surface area (Å²) in [6.45, 7) is 3.25. The van der Waals surface area contributed by atoms with Crippen LogP contribution >= 0.6 is 11.8 Å². The van der Waals surface area contributed by atoms with Gasteiger partial charge in [0.15, 0.2) is 9.84 Å². The molecular formula is C13H17ClF3NO2S. The van der Waals surface area contributed by atoms with Gasteiger partial charge in [0, 0.05) is 13.6 Å². The van der Waals surface area contributed by atoms with Gasteiger partial charge in [0.1, 0.15) is 0 Å². The molecule has 1 aromatic carbocycles. The largest absolute Gasteiger partial charge is 0.416 e. The molecule has 0 radical (unpaired) electrons. The van der Waals surface area contributed by atoms with Crippen molar-refractivity contribution in [1.29, 1.82) is 0 Å². The Morgan fingerprint density at radius 2 is 1.81 bits per heavy atom. The number of nitrogens with zero attached hydrogens (tertiary/aromatic N) is 1. The summed E-state index contributed by atoms with van der Waals surface area (Å²) >= 11 is 5.65. The van der Waals surface area contributed by atoms with Crippen molar-refractivity contribution in [3.8, 4) is 0 Å². The second kappa shape index (κ2) is 6.14. The predicted molar refractivity (Wildman–Crippen MR) is 75.8 cm³/mol. The van der Waals surface area contributed by atoms with Crippen molar-refractivity contribution in [2.75, 3.05) is 13.6 Å². The van der Waals surface area contributed by atoms with Crippen LogP contribution < -0.4 is 0 Å². The van der Waals surface area contributed by atoms with Gasteiger partial charge < -0.3 is 0 Å². The number of benzene rings is 1. The molecule has 3 nitrogen and oxygen atoms in total. The van der Waals surface area contributed by atoms with Crippen LogP contribution in [-0.4, -0.2) is 31.2 Å². The summed E-state index contributed by atoms with van der Waals surface area (Å²) in [4.78, 5) is -0.334. The average Bonchev–Trinajstić information content (AvgIpc) is 2.35. The molecule has 0 heterocycles. The first-order valence-electron chi connectivity index (χ1n) is 6.17. The summed E-state index contributed by atoms with van der Waals surface area (Å²) in [5.74, 6) is 0. The highest BCUT2D eigenvalue weighted by Gasteiger charge is 2.37. The molecule has 0 aromatic heterocycles. The first kappa shape index (κ1) is 18.3. The molecule has 0 atom stereocenters. The molecule has 0 saturated heterocycles. The molecule has 0 bridgehead atoms. The normalized spacial score (nSPS) is 13.7. The smallest absolute Gasteiger partial charge is 0.223 e. The third-order valence-electron chi connectivity index (χ3n) is 3.22. The van der Waals surface area contributed by atoms with Crippen molar-refractivity contribution in [1.82, 2.24) is 4.42 Å². The van der Waals surface area contributed by atoms with E-state index in [4.69, 9.17) is 11.8 Å². The molecule has 0 aliphatic carbocycles. The zero-order valence-electron chi connectivity index (χ0n) is 11.9. The van der Waals surface area contributed by atoms with Gasteiger partial charge >= 0.3 is 6.18 Å². The van der Waals surface area contributed by atoms with Crippen LogP contribution in [0, 0.1) is 0 Å². The summed E-state index contributed by atoms with van der Waals surface area (Å²) in [5.41, 5.74) is -0.978. The fourth-order valence-electron chi connectivity index (χ4n) is 1.72. The first-order chi connectivity index (χ1) is 9.38. The summed E-state index contributed by atoms with van der Waals surface area (Å²) in [6, 6.07) is 3.79. The minimum Gasteiger partial charge on any atom is -0.223 e. The van der Waals surface area contributed by atoms with E-state index in [1.54, 1.807) is 7.05 Å². The summed E-state index contributed by atoms with van der Waals surface area (Å²) in [6.07, 6.45) is -4.38. The summed E-state index contributed by atoms with van der Waals surface area (Å²) in [7, 11) is -2.32. The Labute approximate surface area is 127 Å². The number of alkyl halides is 3. The highest BCUT2D eigenvalue weighted by Crippen LogP contribution is 2.34. The van der Waals surface area contributed by atoms with Crippen molar-refractivity contribution in [3.05, 3.63) is 29.8 Å². The molecule has 0 unspecified atom stereocenters. The second-order valence-corrected chi connectivity index (χ2v) is 8.53. The molecular weight excluding hydrogens is 327 g/mol. The van der Waals surface area contributed by atoms with Crippen molar-refractivity contribution in [3.63, 3.8) is 0 Å². The highest BCUT2D eigenvalue weighted by atomic mass is 35.5. The van der Waals surface area contributed by atoms with E-state index in [1.807, 2.05) is 0 Å². The van der Waals surface area contributed by atoms with Gasteiger partial charge in [-0.25, -0.2) is 12.8 Å². The lowest BCUT2D eigenvalue weighted by molar-refractivity contribution is -0.137. The third kappa shape index (κ3) is 4.34. The first-order valence-corrected chi connectivity index (χ1v) is 7.99. The van der Waals surface area contributed by atoms with E-state index in [0.717, 1.165) is 12.1 Å². The van der Waals surface area contributed by atoms with E-state index >= 15 is 0 Å². The van der Waals surface area contributed by atoms with Crippen LogP contribution in [0.5, 0.6) is 0 Å². The zero-order chi connectivity index (χ0) is 16.5. The molecule has 21 heavy (non-hydrogen) atoms. The van der Waals surface area contributed by atoms with Crippen molar-refractivity contribution >= 4 is 21.6 Å². The van der Waals surface area contributed by atoms with E-state index in [2.05, 4.69) is 0 Å². The van der Waals surface area contributed by atoms with Gasteiger partial charge in [-0.3, -0.25) is 0 Å². The Hall–Kier alpha value is -0.790. The molecule has 0 amide bonds. The maximum Gasteiger partial charge on any atom is 0.416 e. The van der Waals surface area contributed by atoms with Gasteiger partial charge in [-0.05, 0) is 50.2 Å². The van der Waals surface area contributed by atoms with Gasteiger partial charge in [0.05, 0.1) is 15.2 Å². The Bertz CT molecular complexity index is 598. The SMILES string of the molecule is CN(Cl)CCC(C)(C)S(=O)(=O)c1cccc(C(F)(F)F)c1. The Morgan fingerprint density at radius 1 is 1.24 bits per heavy atom. The summed E-state index contributed by atoms with van der Waals surface area (Å²) < 4.78 is 63.2. The molecule has 1 aromatic rings. The molecule has 120 valence electrons. The average molecular weight is 344 g/mol. The van der Waals surface area contributed by atoms with Crippen molar-refractivity contribution in [2.24, 2.45) is 0 Å². The van der Waals surface area contributed by atoms with Crippen LogP contribution in [0.3, 0.4) is 0 Å². The molecule has 1 rings (SSSR count). The lowest BCUT2D eigenvalue weighted by Gasteiger charge is -2.26.